The van der Waals surface area contributed by atoms with Crippen LogP contribution in [0.5, 0.6) is 0 Å². The molecule has 0 fully saturated rings. The van der Waals surface area contributed by atoms with Gasteiger partial charge in [-0.1, -0.05) is 41.6 Å². The summed E-state index contributed by atoms with van der Waals surface area (Å²) in [5.74, 6) is 1.33. The van der Waals surface area contributed by atoms with Crippen LogP contribution >= 0.6 is 23.4 Å². The molecular formula is C21H18ClN5OS. The fraction of sp³-hybridized carbons (Fsp3) is 0.143. The van der Waals surface area contributed by atoms with Crippen LogP contribution in [-0.2, 0) is 6.54 Å². The number of nitrogens with zero attached hydrogens (tertiary/aromatic N) is 4. The van der Waals surface area contributed by atoms with Crippen molar-refractivity contribution >= 4 is 34.3 Å². The quantitative estimate of drug-likeness (QED) is 0.353. The average molecular weight is 424 g/mol. The van der Waals surface area contributed by atoms with Crippen molar-refractivity contribution in [1.82, 2.24) is 24.7 Å². The second-order valence-electron chi connectivity index (χ2n) is 6.44. The van der Waals surface area contributed by atoms with E-state index >= 15 is 0 Å². The first-order valence-electron chi connectivity index (χ1n) is 9.02. The summed E-state index contributed by atoms with van der Waals surface area (Å²) in [5, 5.41) is 10.6. The van der Waals surface area contributed by atoms with Crippen molar-refractivity contribution in [1.29, 1.82) is 0 Å². The minimum absolute atomic E-state index is 0.127. The number of fused-ring (bicyclic) bond motifs is 1. The molecule has 29 heavy (non-hydrogen) atoms. The van der Waals surface area contributed by atoms with Gasteiger partial charge in [0.2, 0.25) is 0 Å². The Balaban J connectivity index is 1.68. The first-order chi connectivity index (χ1) is 14.1. The number of halogens is 1. The van der Waals surface area contributed by atoms with E-state index in [0.29, 0.717) is 28.3 Å². The van der Waals surface area contributed by atoms with Crippen LogP contribution in [0.4, 0.5) is 0 Å². The van der Waals surface area contributed by atoms with Crippen molar-refractivity contribution < 1.29 is 0 Å². The van der Waals surface area contributed by atoms with Gasteiger partial charge in [-0.15, -0.1) is 16.8 Å². The highest BCUT2D eigenvalue weighted by Crippen LogP contribution is 2.34. The standard InChI is InChI=1S/C21H18ClN5OS/c1-3-12-27-19(14-8-10-15(22)11-9-14)25-26-21(27)29-13(2)18-23-17-7-5-4-6-16(17)20(28)24-18/h3-11,13H,1,12H2,2H3,(H,23,24,28). The van der Waals surface area contributed by atoms with Crippen LogP contribution in [0.25, 0.3) is 22.3 Å². The fourth-order valence-electron chi connectivity index (χ4n) is 2.99. The van der Waals surface area contributed by atoms with Gasteiger partial charge in [0.05, 0.1) is 16.2 Å². The molecule has 0 amide bonds. The number of allylic oxidation sites excluding steroid dienone is 1. The minimum Gasteiger partial charge on any atom is -0.309 e. The van der Waals surface area contributed by atoms with Crippen molar-refractivity contribution in [3.63, 3.8) is 0 Å². The third-order valence-corrected chi connectivity index (χ3v) is 5.77. The molecule has 0 spiro atoms. The van der Waals surface area contributed by atoms with Gasteiger partial charge in [0.25, 0.3) is 5.56 Å². The Morgan fingerprint density at radius 2 is 1.97 bits per heavy atom. The highest BCUT2D eigenvalue weighted by Gasteiger charge is 2.19. The molecule has 146 valence electrons. The number of thioether (sulfide) groups is 1. The lowest BCUT2D eigenvalue weighted by molar-refractivity contribution is 0.727. The number of para-hydroxylation sites is 1. The molecule has 8 heteroatoms. The molecule has 2 aromatic heterocycles. The summed E-state index contributed by atoms with van der Waals surface area (Å²) < 4.78 is 1.98. The molecule has 1 unspecified atom stereocenters. The maximum Gasteiger partial charge on any atom is 0.258 e. The molecule has 4 aromatic rings. The van der Waals surface area contributed by atoms with E-state index in [9.17, 15) is 4.79 Å². The highest BCUT2D eigenvalue weighted by molar-refractivity contribution is 7.99. The molecule has 0 bridgehead atoms. The number of rotatable bonds is 6. The highest BCUT2D eigenvalue weighted by atomic mass is 35.5. The van der Waals surface area contributed by atoms with Crippen LogP contribution in [0, 0.1) is 0 Å². The van der Waals surface area contributed by atoms with Gasteiger partial charge in [-0.2, -0.15) is 0 Å². The lowest BCUT2D eigenvalue weighted by atomic mass is 10.2. The fourth-order valence-corrected chi connectivity index (χ4v) is 4.03. The van der Waals surface area contributed by atoms with E-state index in [4.69, 9.17) is 11.6 Å². The molecule has 2 heterocycles. The normalized spacial score (nSPS) is 12.2. The van der Waals surface area contributed by atoms with Crippen LogP contribution < -0.4 is 5.56 Å². The molecule has 0 aliphatic rings. The zero-order chi connectivity index (χ0) is 20.4. The smallest absolute Gasteiger partial charge is 0.258 e. The number of aromatic nitrogens is 5. The van der Waals surface area contributed by atoms with Gasteiger partial charge in [-0.25, -0.2) is 4.98 Å². The van der Waals surface area contributed by atoms with Crippen LogP contribution in [0.3, 0.4) is 0 Å². The average Bonchev–Trinajstić information content (AvgIpc) is 3.11. The maximum atomic E-state index is 12.4. The Bertz CT molecular complexity index is 1230. The number of H-pyrrole nitrogens is 1. The van der Waals surface area contributed by atoms with Crippen LogP contribution in [-0.4, -0.2) is 24.7 Å². The largest absolute Gasteiger partial charge is 0.309 e. The molecule has 0 radical (unpaired) electrons. The molecule has 6 nitrogen and oxygen atoms in total. The second-order valence-corrected chi connectivity index (χ2v) is 8.19. The molecule has 1 atom stereocenters. The molecule has 4 rings (SSSR count). The summed E-state index contributed by atoms with van der Waals surface area (Å²) in [7, 11) is 0. The van der Waals surface area contributed by atoms with E-state index in [0.717, 1.165) is 16.5 Å². The van der Waals surface area contributed by atoms with E-state index in [1.807, 2.05) is 54.0 Å². The van der Waals surface area contributed by atoms with Gasteiger partial charge in [0, 0.05) is 17.1 Å². The molecule has 1 N–H and O–H groups in total. The lowest BCUT2D eigenvalue weighted by Crippen LogP contribution is -2.13. The van der Waals surface area contributed by atoms with Gasteiger partial charge in [0.1, 0.15) is 5.82 Å². The third-order valence-electron chi connectivity index (χ3n) is 4.43. The predicted molar refractivity (Wildman–Crippen MR) is 117 cm³/mol. The Morgan fingerprint density at radius 1 is 1.21 bits per heavy atom. The zero-order valence-corrected chi connectivity index (χ0v) is 17.2. The Kier molecular flexibility index (Phi) is 5.51. The van der Waals surface area contributed by atoms with Crippen molar-refractivity contribution in [2.45, 2.75) is 23.9 Å². The van der Waals surface area contributed by atoms with Crippen LogP contribution in [0.2, 0.25) is 5.02 Å². The summed E-state index contributed by atoms with van der Waals surface area (Å²) >= 11 is 7.48. The van der Waals surface area contributed by atoms with Crippen molar-refractivity contribution in [2.24, 2.45) is 0 Å². The number of hydrogen-bond donors (Lipinski definition) is 1. The number of nitrogens with one attached hydrogen (secondary N) is 1. The third kappa shape index (κ3) is 3.97. The maximum absolute atomic E-state index is 12.4. The Morgan fingerprint density at radius 3 is 2.72 bits per heavy atom. The van der Waals surface area contributed by atoms with Gasteiger partial charge in [0.15, 0.2) is 11.0 Å². The predicted octanol–water partition coefficient (Wildman–Crippen LogP) is 4.87. The lowest BCUT2D eigenvalue weighted by Gasteiger charge is -2.12. The summed E-state index contributed by atoms with van der Waals surface area (Å²) in [6.45, 7) is 6.38. The molecular weight excluding hydrogens is 406 g/mol. The van der Waals surface area contributed by atoms with E-state index in [-0.39, 0.29) is 10.8 Å². The Labute approximate surface area is 176 Å². The summed E-state index contributed by atoms with van der Waals surface area (Å²) in [4.78, 5) is 19.9. The first-order valence-corrected chi connectivity index (χ1v) is 10.3. The molecule has 0 aliphatic carbocycles. The number of benzene rings is 2. The topological polar surface area (TPSA) is 76.5 Å². The molecule has 0 saturated heterocycles. The van der Waals surface area contributed by atoms with Gasteiger partial charge >= 0.3 is 0 Å². The Hall–Kier alpha value is -2.90. The summed E-state index contributed by atoms with van der Waals surface area (Å²) in [6.07, 6.45) is 1.80. The molecule has 2 aromatic carbocycles. The first kappa shape index (κ1) is 19.4. The summed E-state index contributed by atoms with van der Waals surface area (Å²) in [6, 6.07) is 14.8. The van der Waals surface area contributed by atoms with Crippen molar-refractivity contribution in [2.75, 3.05) is 0 Å². The molecule has 0 aliphatic heterocycles. The van der Waals surface area contributed by atoms with Gasteiger partial charge in [-0.05, 0) is 43.3 Å². The minimum atomic E-state index is -0.146. The molecule has 0 saturated carbocycles. The summed E-state index contributed by atoms with van der Waals surface area (Å²) in [5.41, 5.74) is 1.45. The van der Waals surface area contributed by atoms with E-state index in [2.05, 4.69) is 26.7 Å². The van der Waals surface area contributed by atoms with Crippen molar-refractivity contribution in [3.8, 4) is 11.4 Å². The monoisotopic (exact) mass is 423 g/mol. The SMILES string of the molecule is C=CCn1c(SC(C)c2nc3ccccc3c(=O)[nH]2)nnc1-c1ccc(Cl)cc1. The zero-order valence-electron chi connectivity index (χ0n) is 15.7. The van der Waals surface area contributed by atoms with Crippen LogP contribution in [0.1, 0.15) is 18.0 Å². The number of aromatic amines is 1. The second kappa shape index (κ2) is 8.23. The van der Waals surface area contributed by atoms with Gasteiger partial charge < -0.3 is 4.98 Å². The van der Waals surface area contributed by atoms with Crippen LogP contribution in [0.15, 0.2) is 71.1 Å². The van der Waals surface area contributed by atoms with E-state index in [1.54, 1.807) is 12.1 Å². The van der Waals surface area contributed by atoms with E-state index < -0.39 is 0 Å². The van der Waals surface area contributed by atoms with E-state index in [1.165, 1.54) is 11.8 Å². The van der Waals surface area contributed by atoms with Crippen molar-refractivity contribution in [3.05, 3.63) is 82.4 Å². The number of hydrogen-bond acceptors (Lipinski definition) is 5. The van der Waals surface area contributed by atoms with Gasteiger partial charge in [-0.3, -0.25) is 9.36 Å².